The molecule has 0 aliphatic heterocycles. The molecule has 0 saturated carbocycles. The molecule has 0 radical (unpaired) electrons. The molecule has 0 fully saturated rings. The Hall–Kier alpha value is -3.40. The second-order valence-corrected chi connectivity index (χ2v) is 8.41. The number of fused-ring (bicyclic) bond motifs is 1. The Morgan fingerprint density at radius 3 is 2.38 bits per heavy atom. The van der Waals surface area contributed by atoms with E-state index >= 15 is 0 Å². The fourth-order valence-corrected chi connectivity index (χ4v) is 3.31. The molecular weight excluding hydrogens is 358 g/mol. The summed E-state index contributed by atoms with van der Waals surface area (Å²) in [6.45, 7) is 8.47. The van der Waals surface area contributed by atoms with Gasteiger partial charge in [0, 0.05) is 16.8 Å². The molecule has 146 valence electrons. The average Bonchev–Trinajstić information content (AvgIpc) is 3.13. The van der Waals surface area contributed by atoms with Crippen LogP contribution in [0.15, 0.2) is 66.7 Å². The highest BCUT2D eigenvalue weighted by Crippen LogP contribution is 2.26. The standard InChI is InChI=1S/C25H25N3O/c1-16-9-10-18(23-26-20-7-5-6-8-21(20)27-23)15-22(16)28-24(29)17-11-13-19(14-12-17)25(2,3)4/h5-15H,1-4H3,(H,26,27)(H,28,29). The molecule has 1 aromatic heterocycles. The zero-order valence-electron chi connectivity index (χ0n) is 17.2. The van der Waals surface area contributed by atoms with Crippen molar-refractivity contribution in [2.24, 2.45) is 0 Å². The highest BCUT2D eigenvalue weighted by molar-refractivity contribution is 6.05. The number of hydrogen-bond donors (Lipinski definition) is 2. The number of imidazole rings is 1. The monoisotopic (exact) mass is 383 g/mol. The molecule has 4 heteroatoms. The van der Waals surface area contributed by atoms with Gasteiger partial charge in [-0.05, 0) is 53.8 Å². The lowest BCUT2D eigenvalue weighted by Crippen LogP contribution is -2.15. The maximum atomic E-state index is 12.8. The summed E-state index contributed by atoms with van der Waals surface area (Å²) in [5.74, 6) is 0.673. The Morgan fingerprint density at radius 1 is 0.966 bits per heavy atom. The number of nitrogens with one attached hydrogen (secondary N) is 2. The predicted octanol–water partition coefficient (Wildman–Crippen LogP) is 6.09. The molecule has 0 saturated heterocycles. The summed E-state index contributed by atoms with van der Waals surface area (Å²) in [6, 6.07) is 21.7. The lowest BCUT2D eigenvalue weighted by molar-refractivity contribution is 0.102. The molecule has 4 nitrogen and oxygen atoms in total. The number of para-hydroxylation sites is 2. The van der Waals surface area contributed by atoms with Gasteiger partial charge in [0.05, 0.1) is 11.0 Å². The van der Waals surface area contributed by atoms with Crippen LogP contribution in [0.5, 0.6) is 0 Å². The van der Waals surface area contributed by atoms with Gasteiger partial charge >= 0.3 is 0 Å². The fourth-order valence-electron chi connectivity index (χ4n) is 3.31. The van der Waals surface area contributed by atoms with Crippen LogP contribution in [0, 0.1) is 6.92 Å². The maximum absolute atomic E-state index is 12.8. The zero-order valence-corrected chi connectivity index (χ0v) is 17.2. The third-order valence-electron chi connectivity index (χ3n) is 5.16. The van der Waals surface area contributed by atoms with Crippen molar-refractivity contribution in [3.05, 3.63) is 83.4 Å². The molecule has 4 rings (SSSR count). The Balaban J connectivity index is 1.60. The molecule has 29 heavy (non-hydrogen) atoms. The molecule has 1 heterocycles. The molecule has 0 spiro atoms. The van der Waals surface area contributed by atoms with Gasteiger partial charge in [-0.1, -0.05) is 57.2 Å². The van der Waals surface area contributed by atoms with Gasteiger partial charge in [0.15, 0.2) is 0 Å². The SMILES string of the molecule is Cc1ccc(-c2nc3ccccc3[nH]2)cc1NC(=O)c1ccc(C(C)(C)C)cc1. The Kier molecular flexibility index (Phi) is 4.71. The van der Waals surface area contributed by atoms with Gasteiger partial charge in [0.1, 0.15) is 5.82 Å². The number of H-pyrrole nitrogens is 1. The molecule has 0 aliphatic rings. The van der Waals surface area contributed by atoms with Crippen molar-refractivity contribution in [2.45, 2.75) is 33.1 Å². The van der Waals surface area contributed by atoms with E-state index in [0.717, 1.165) is 33.7 Å². The number of anilines is 1. The van der Waals surface area contributed by atoms with Crippen molar-refractivity contribution in [2.75, 3.05) is 5.32 Å². The normalized spacial score (nSPS) is 11.6. The lowest BCUT2D eigenvalue weighted by atomic mass is 9.86. The minimum Gasteiger partial charge on any atom is -0.338 e. The van der Waals surface area contributed by atoms with Crippen LogP contribution in [0.4, 0.5) is 5.69 Å². The van der Waals surface area contributed by atoms with Gasteiger partial charge in [-0.25, -0.2) is 4.98 Å². The Bertz CT molecular complexity index is 1150. The first kappa shape index (κ1) is 18.9. The zero-order chi connectivity index (χ0) is 20.6. The predicted molar refractivity (Wildman–Crippen MR) is 119 cm³/mol. The first-order valence-electron chi connectivity index (χ1n) is 9.79. The Morgan fingerprint density at radius 2 is 1.69 bits per heavy atom. The number of aromatic amines is 1. The van der Waals surface area contributed by atoms with E-state index in [1.54, 1.807) is 0 Å². The molecule has 4 aromatic rings. The van der Waals surface area contributed by atoms with E-state index in [4.69, 9.17) is 0 Å². The van der Waals surface area contributed by atoms with Gasteiger partial charge in [-0.15, -0.1) is 0 Å². The summed E-state index contributed by atoms with van der Waals surface area (Å²) in [5.41, 5.74) is 6.55. The highest BCUT2D eigenvalue weighted by atomic mass is 16.1. The minimum atomic E-state index is -0.115. The van der Waals surface area contributed by atoms with E-state index in [-0.39, 0.29) is 11.3 Å². The first-order valence-corrected chi connectivity index (χ1v) is 9.79. The maximum Gasteiger partial charge on any atom is 0.255 e. The molecule has 0 unspecified atom stereocenters. The van der Waals surface area contributed by atoms with E-state index in [0.29, 0.717) is 5.56 Å². The van der Waals surface area contributed by atoms with Gasteiger partial charge in [0.2, 0.25) is 0 Å². The summed E-state index contributed by atoms with van der Waals surface area (Å²) in [6.07, 6.45) is 0. The van der Waals surface area contributed by atoms with Crippen LogP contribution in [-0.4, -0.2) is 15.9 Å². The number of amides is 1. The summed E-state index contributed by atoms with van der Waals surface area (Å²) < 4.78 is 0. The number of rotatable bonds is 3. The lowest BCUT2D eigenvalue weighted by Gasteiger charge is -2.19. The smallest absolute Gasteiger partial charge is 0.255 e. The van der Waals surface area contributed by atoms with E-state index in [2.05, 4.69) is 36.1 Å². The van der Waals surface area contributed by atoms with Crippen LogP contribution in [0.2, 0.25) is 0 Å². The molecule has 1 amide bonds. The topological polar surface area (TPSA) is 57.8 Å². The van der Waals surface area contributed by atoms with Gasteiger partial charge in [-0.3, -0.25) is 4.79 Å². The van der Waals surface area contributed by atoms with Crippen molar-refractivity contribution in [3.63, 3.8) is 0 Å². The fraction of sp³-hybridized carbons (Fsp3) is 0.200. The summed E-state index contributed by atoms with van der Waals surface area (Å²) in [5, 5.41) is 3.05. The number of aryl methyl sites for hydroxylation is 1. The van der Waals surface area contributed by atoms with Crippen LogP contribution >= 0.6 is 0 Å². The number of hydrogen-bond acceptors (Lipinski definition) is 2. The van der Waals surface area contributed by atoms with E-state index in [9.17, 15) is 4.79 Å². The summed E-state index contributed by atoms with van der Waals surface area (Å²) in [4.78, 5) is 20.8. The van der Waals surface area contributed by atoms with Gasteiger partial charge in [-0.2, -0.15) is 0 Å². The molecule has 3 aromatic carbocycles. The van der Waals surface area contributed by atoms with Crippen molar-refractivity contribution < 1.29 is 4.79 Å². The van der Waals surface area contributed by atoms with Gasteiger partial charge in [0.25, 0.3) is 5.91 Å². The number of carbonyl (C=O) groups excluding carboxylic acids is 1. The molecule has 0 aliphatic carbocycles. The third-order valence-corrected chi connectivity index (χ3v) is 5.16. The third kappa shape index (κ3) is 3.92. The summed E-state index contributed by atoms with van der Waals surface area (Å²) in [7, 11) is 0. The number of carbonyl (C=O) groups is 1. The van der Waals surface area contributed by atoms with E-state index in [1.807, 2.05) is 73.7 Å². The second-order valence-electron chi connectivity index (χ2n) is 8.41. The average molecular weight is 383 g/mol. The molecule has 0 atom stereocenters. The molecule has 2 N–H and O–H groups in total. The minimum absolute atomic E-state index is 0.0620. The largest absolute Gasteiger partial charge is 0.338 e. The van der Waals surface area contributed by atoms with Crippen LogP contribution < -0.4 is 5.32 Å². The second kappa shape index (κ2) is 7.21. The summed E-state index contributed by atoms with van der Waals surface area (Å²) >= 11 is 0. The van der Waals surface area contributed by atoms with Crippen molar-refractivity contribution in [1.29, 1.82) is 0 Å². The number of aromatic nitrogens is 2. The van der Waals surface area contributed by atoms with Crippen molar-refractivity contribution >= 4 is 22.6 Å². The van der Waals surface area contributed by atoms with Crippen molar-refractivity contribution in [1.82, 2.24) is 9.97 Å². The molecule has 0 bridgehead atoms. The highest BCUT2D eigenvalue weighted by Gasteiger charge is 2.15. The van der Waals surface area contributed by atoms with E-state index < -0.39 is 0 Å². The Labute approximate surface area is 171 Å². The van der Waals surface area contributed by atoms with Crippen molar-refractivity contribution in [3.8, 4) is 11.4 Å². The van der Waals surface area contributed by atoms with E-state index in [1.165, 1.54) is 5.56 Å². The number of nitrogens with zero attached hydrogens (tertiary/aromatic N) is 1. The molecular formula is C25H25N3O. The van der Waals surface area contributed by atoms with Crippen LogP contribution in [0.25, 0.3) is 22.4 Å². The number of benzene rings is 3. The quantitative estimate of drug-likeness (QED) is 0.450. The van der Waals surface area contributed by atoms with Crippen LogP contribution in [-0.2, 0) is 5.41 Å². The van der Waals surface area contributed by atoms with Gasteiger partial charge < -0.3 is 10.3 Å². The van der Waals surface area contributed by atoms with Crippen LogP contribution in [0.3, 0.4) is 0 Å². The first-order chi connectivity index (χ1) is 13.8. The van der Waals surface area contributed by atoms with Crippen LogP contribution in [0.1, 0.15) is 42.3 Å².